The van der Waals surface area contributed by atoms with Gasteiger partial charge in [0.05, 0.1) is 10.7 Å². The molecule has 2 atom stereocenters. The number of nitrogens with one attached hydrogen (secondary N) is 1. The largest absolute Gasteiger partial charge is 0.378 e. The number of benzene rings is 1. The fourth-order valence-electron chi connectivity index (χ4n) is 2.23. The second-order valence-electron chi connectivity index (χ2n) is 4.40. The predicted octanol–water partition coefficient (Wildman–Crippen LogP) is 4.22. The Hall–Kier alpha value is -0.830. The van der Waals surface area contributed by atoms with E-state index in [-0.39, 0.29) is 16.8 Å². The Morgan fingerprint density at radius 3 is 2.62 bits per heavy atom. The van der Waals surface area contributed by atoms with Crippen LogP contribution in [0.4, 0.5) is 14.5 Å². The first-order valence-corrected chi connectivity index (χ1v) is 5.87. The summed E-state index contributed by atoms with van der Waals surface area (Å²) in [5, 5.41) is 3.19. The third kappa shape index (κ3) is 2.29. The zero-order chi connectivity index (χ0) is 11.7. The summed E-state index contributed by atoms with van der Waals surface area (Å²) in [6.45, 7) is 2.12. The van der Waals surface area contributed by atoms with Gasteiger partial charge < -0.3 is 5.32 Å². The Morgan fingerprint density at radius 2 is 2.06 bits per heavy atom. The van der Waals surface area contributed by atoms with Crippen LogP contribution in [0.3, 0.4) is 0 Å². The molecule has 0 bridgehead atoms. The van der Waals surface area contributed by atoms with E-state index in [9.17, 15) is 8.78 Å². The quantitative estimate of drug-likeness (QED) is 0.823. The molecule has 1 fully saturated rings. The van der Waals surface area contributed by atoms with Crippen LogP contribution in [0.5, 0.6) is 0 Å². The lowest BCUT2D eigenvalue weighted by molar-refractivity contribution is 0.546. The molecule has 0 amide bonds. The van der Waals surface area contributed by atoms with Crippen LogP contribution in [0, 0.1) is 17.6 Å². The standard InChI is InChI=1S/C12H14ClF2N/c1-7-3-2-4-11(7)16-12-9(13)5-8(14)6-10(12)15/h5-7,11,16H,2-4H2,1H3. The van der Waals surface area contributed by atoms with E-state index in [1.165, 1.54) is 0 Å². The van der Waals surface area contributed by atoms with Crippen LogP contribution < -0.4 is 5.32 Å². The summed E-state index contributed by atoms with van der Waals surface area (Å²) in [7, 11) is 0. The maximum absolute atomic E-state index is 13.5. The molecule has 1 aliphatic carbocycles. The molecule has 1 aromatic rings. The van der Waals surface area contributed by atoms with Crippen molar-refractivity contribution in [3.63, 3.8) is 0 Å². The first kappa shape index (κ1) is 11.6. The maximum Gasteiger partial charge on any atom is 0.150 e. The SMILES string of the molecule is CC1CCCC1Nc1c(F)cc(F)cc1Cl. The van der Waals surface area contributed by atoms with Crippen molar-refractivity contribution in [3.05, 3.63) is 28.8 Å². The van der Waals surface area contributed by atoms with Crippen molar-refractivity contribution < 1.29 is 8.78 Å². The fourth-order valence-corrected chi connectivity index (χ4v) is 2.47. The van der Waals surface area contributed by atoms with Gasteiger partial charge in [0.1, 0.15) is 5.82 Å². The van der Waals surface area contributed by atoms with E-state index in [0.717, 1.165) is 31.4 Å². The first-order valence-electron chi connectivity index (χ1n) is 5.49. The Labute approximate surface area is 98.8 Å². The van der Waals surface area contributed by atoms with Crippen LogP contribution in [0.2, 0.25) is 5.02 Å². The molecule has 0 spiro atoms. The minimum atomic E-state index is -0.646. The average molecular weight is 246 g/mol. The van der Waals surface area contributed by atoms with Gasteiger partial charge in [-0.05, 0) is 24.8 Å². The molecule has 0 saturated heterocycles. The minimum absolute atomic E-state index is 0.108. The van der Waals surface area contributed by atoms with Crippen LogP contribution in [0.1, 0.15) is 26.2 Å². The second kappa shape index (κ2) is 4.58. The lowest BCUT2D eigenvalue weighted by Gasteiger charge is -2.20. The molecule has 88 valence electrons. The van der Waals surface area contributed by atoms with E-state index >= 15 is 0 Å². The third-order valence-electron chi connectivity index (χ3n) is 3.20. The average Bonchev–Trinajstić information content (AvgIpc) is 2.57. The molecule has 0 heterocycles. The number of halogens is 3. The van der Waals surface area contributed by atoms with Gasteiger partial charge in [-0.1, -0.05) is 24.9 Å². The molecule has 4 heteroatoms. The van der Waals surface area contributed by atoms with Crippen LogP contribution in [-0.2, 0) is 0 Å². The monoisotopic (exact) mass is 245 g/mol. The number of rotatable bonds is 2. The van der Waals surface area contributed by atoms with E-state index < -0.39 is 11.6 Å². The maximum atomic E-state index is 13.5. The minimum Gasteiger partial charge on any atom is -0.378 e. The number of hydrogen-bond acceptors (Lipinski definition) is 1. The van der Waals surface area contributed by atoms with E-state index in [2.05, 4.69) is 12.2 Å². The molecule has 1 nitrogen and oxygen atoms in total. The topological polar surface area (TPSA) is 12.0 Å². The molecule has 16 heavy (non-hydrogen) atoms. The van der Waals surface area contributed by atoms with Gasteiger partial charge in [-0.15, -0.1) is 0 Å². The van der Waals surface area contributed by atoms with E-state index in [1.54, 1.807) is 0 Å². The summed E-state index contributed by atoms with van der Waals surface area (Å²) in [6, 6.07) is 2.22. The van der Waals surface area contributed by atoms with Gasteiger partial charge in [0.2, 0.25) is 0 Å². The summed E-state index contributed by atoms with van der Waals surface area (Å²) >= 11 is 5.82. The molecule has 1 aliphatic rings. The van der Waals surface area contributed by atoms with Gasteiger partial charge in [-0.2, -0.15) is 0 Å². The smallest absolute Gasteiger partial charge is 0.150 e. The van der Waals surface area contributed by atoms with Gasteiger partial charge in [-0.3, -0.25) is 0 Å². The Morgan fingerprint density at radius 1 is 1.31 bits per heavy atom. The molecular formula is C12H14ClF2N. The lowest BCUT2D eigenvalue weighted by atomic mass is 10.1. The number of hydrogen-bond donors (Lipinski definition) is 1. The molecule has 0 aromatic heterocycles. The highest BCUT2D eigenvalue weighted by Crippen LogP contribution is 2.32. The number of anilines is 1. The van der Waals surface area contributed by atoms with Crippen molar-refractivity contribution in [1.82, 2.24) is 0 Å². The molecule has 0 aliphatic heterocycles. The molecule has 1 saturated carbocycles. The highest BCUT2D eigenvalue weighted by Gasteiger charge is 2.24. The summed E-state index contributed by atoms with van der Waals surface area (Å²) in [5.41, 5.74) is 0.224. The van der Waals surface area contributed by atoms with Crippen molar-refractivity contribution in [2.24, 2.45) is 5.92 Å². The zero-order valence-electron chi connectivity index (χ0n) is 9.06. The molecule has 2 unspecified atom stereocenters. The van der Waals surface area contributed by atoms with E-state index in [4.69, 9.17) is 11.6 Å². The van der Waals surface area contributed by atoms with Crippen molar-refractivity contribution in [3.8, 4) is 0 Å². The summed E-state index contributed by atoms with van der Waals surface area (Å²) in [4.78, 5) is 0. The Bertz CT molecular complexity index is 372. The molecule has 1 aromatic carbocycles. The van der Waals surface area contributed by atoms with Crippen LogP contribution in [0.25, 0.3) is 0 Å². The van der Waals surface area contributed by atoms with Gasteiger partial charge in [-0.25, -0.2) is 8.78 Å². The van der Waals surface area contributed by atoms with E-state index in [1.807, 2.05) is 0 Å². The Balaban J connectivity index is 2.21. The van der Waals surface area contributed by atoms with Gasteiger partial charge >= 0.3 is 0 Å². The van der Waals surface area contributed by atoms with Gasteiger partial charge in [0.15, 0.2) is 5.82 Å². The summed E-state index contributed by atoms with van der Waals surface area (Å²) in [5.74, 6) is -0.767. The Kier molecular flexibility index (Phi) is 3.33. The third-order valence-corrected chi connectivity index (χ3v) is 3.50. The highest BCUT2D eigenvalue weighted by molar-refractivity contribution is 6.33. The lowest BCUT2D eigenvalue weighted by Crippen LogP contribution is -2.22. The normalized spacial score (nSPS) is 24.8. The van der Waals surface area contributed by atoms with Crippen LogP contribution >= 0.6 is 11.6 Å². The summed E-state index contributed by atoms with van der Waals surface area (Å²) < 4.78 is 26.4. The molecule has 2 rings (SSSR count). The van der Waals surface area contributed by atoms with Crippen molar-refractivity contribution in [2.75, 3.05) is 5.32 Å². The van der Waals surface area contributed by atoms with E-state index in [0.29, 0.717) is 5.92 Å². The van der Waals surface area contributed by atoms with Gasteiger partial charge in [0.25, 0.3) is 0 Å². The fraction of sp³-hybridized carbons (Fsp3) is 0.500. The van der Waals surface area contributed by atoms with Crippen LogP contribution in [-0.4, -0.2) is 6.04 Å². The van der Waals surface area contributed by atoms with Crippen LogP contribution in [0.15, 0.2) is 12.1 Å². The highest BCUT2D eigenvalue weighted by atomic mass is 35.5. The molecule has 0 radical (unpaired) electrons. The zero-order valence-corrected chi connectivity index (χ0v) is 9.82. The van der Waals surface area contributed by atoms with Crippen molar-refractivity contribution in [2.45, 2.75) is 32.2 Å². The van der Waals surface area contributed by atoms with Crippen molar-refractivity contribution in [1.29, 1.82) is 0 Å². The molecule has 1 N–H and O–H groups in total. The second-order valence-corrected chi connectivity index (χ2v) is 4.81. The first-order chi connectivity index (χ1) is 7.58. The summed E-state index contributed by atoms with van der Waals surface area (Å²) in [6.07, 6.45) is 3.28. The predicted molar refractivity (Wildman–Crippen MR) is 61.8 cm³/mol. The van der Waals surface area contributed by atoms with Crippen molar-refractivity contribution >= 4 is 17.3 Å². The van der Waals surface area contributed by atoms with Gasteiger partial charge in [0, 0.05) is 12.1 Å². The molecular weight excluding hydrogens is 232 g/mol.